The van der Waals surface area contributed by atoms with Gasteiger partial charge in [0, 0.05) is 0 Å². The van der Waals surface area contributed by atoms with E-state index in [9.17, 15) is 18.1 Å². The van der Waals surface area contributed by atoms with Crippen LogP contribution >= 0.6 is 0 Å². The molecule has 5 heteroatoms. The van der Waals surface area contributed by atoms with E-state index in [2.05, 4.69) is 13.8 Å². The van der Waals surface area contributed by atoms with Crippen LogP contribution in [0.4, 0.5) is 0 Å². The third kappa shape index (κ3) is 17.7. The predicted octanol–water partition coefficient (Wildman–Crippen LogP) is 6.67. The predicted molar refractivity (Wildman–Crippen MR) is 116 cm³/mol. The molecule has 2 unspecified atom stereocenters. The summed E-state index contributed by atoms with van der Waals surface area (Å²) in [6.07, 6.45) is 18.2. The zero-order chi connectivity index (χ0) is 20.4. The summed E-state index contributed by atoms with van der Waals surface area (Å²) in [4.78, 5) is 0. The van der Waals surface area contributed by atoms with Crippen molar-refractivity contribution in [2.45, 2.75) is 141 Å². The van der Waals surface area contributed by atoms with Crippen molar-refractivity contribution in [3.63, 3.8) is 0 Å². The molecule has 0 amide bonds. The lowest BCUT2D eigenvalue weighted by Crippen LogP contribution is -2.22. The standard InChI is InChI=1S/C22H46O4S/c1-3-5-7-9-10-11-12-13-14-16-18-22(27(24,25)26)20-19-21(23)17-15-8-6-4-2/h21-23H,3-20H2,1-2H3,(H,24,25,26). The summed E-state index contributed by atoms with van der Waals surface area (Å²) < 4.78 is 32.7. The molecule has 4 nitrogen and oxygen atoms in total. The number of hydrogen-bond acceptors (Lipinski definition) is 3. The van der Waals surface area contributed by atoms with Crippen molar-refractivity contribution >= 4 is 10.1 Å². The topological polar surface area (TPSA) is 74.6 Å². The highest BCUT2D eigenvalue weighted by atomic mass is 32.2. The van der Waals surface area contributed by atoms with Crippen molar-refractivity contribution < 1.29 is 18.1 Å². The molecular weight excluding hydrogens is 360 g/mol. The van der Waals surface area contributed by atoms with Gasteiger partial charge < -0.3 is 5.11 Å². The molecule has 0 aromatic heterocycles. The summed E-state index contributed by atoms with van der Waals surface area (Å²) in [5.41, 5.74) is 0. The zero-order valence-corrected chi connectivity index (χ0v) is 18.8. The number of aliphatic hydroxyl groups excluding tert-OH is 1. The second-order valence-corrected chi connectivity index (χ2v) is 9.88. The van der Waals surface area contributed by atoms with Crippen molar-refractivity contribution in [2.24, 2.45) is 0 Å². The van der Waals surface area contributed by atoms with Gasteiger partial charge >= 0.3 is 0 Å². The normalized spacial score (nSPS) is 14.4. The fraction of sp³-hybridized carbons (Fsp3) is 1.00. The third-order valence-electron chi connectivity index (χ3n) is 5.51. The van der Waals surface area contributed by atoms with Gasteiger partial charge in [-0.2, -0.15) is 8.42 Å². The SMILES string of the molecule is CCCCCCCCCCCCC(CCC(O)CCCCCC)S(=O)(=O)O. The lowest BCUT2D eigenvalue weighted by atomic mass is 10.0. The monoisotopic (exact) mass is 406 g/mol. The Hall–Kier alpha value is -0.130. The van der Waals surface area contributed by atoms with E-state index in [0.29, 0.717) is 19.3 Å². The van der Waals surface area contributed by atoms with Crippen LogP contribution in [0.5, 0.6) is 0 Å². The minimum atomic E-state index is -4.01. The van der Waals surface area contributed by atoms with Crippen molar-refractivity contribution in [1.82, 2.24) is 0 Å². The lowest BCUT2D eigenvalue weighted by molar-refractivity contribution is 0.147. The molecule has 0 heterocycles. The molecule has 164 valence electrons. The van der Waals surface area contributed by atoms with Crippen LogP contribution in [0.15, 0.2) is 0 Å². The van der Waals surface area contributed by atoms with E-state index in [0.717, 1.165) is 38.5 Å². The Morgan fingerprint density at radius 1 is 0.593 bits per heavy atom. The first-order valence-electron chi connectivity index (χ1n) is 11.6. The molecule has 0 fully saturated rings. The molecule has 0 saturated carbocycles. The van der Waals surface area contributed by atoms with Crippen LogP contribution in [0.3, 0.4) is 0 Å². The summed E-state index contributed by atoms with van der Waals surface area (Å²) in [6.45, 7) is 4.38. The Balaban J connectivity index is 3.83. The zero-order valence-electron chi connectivity index (χ0n) is 18.0. The van der Waals surface area contributed by atoms with Gasteiger partial charge in [0.25, 0.3) is 10.1 Å². The molecule has 0 aliphatic carbocycles. The molecule has 0 radical (unpaired) electrons. The number of unbranched alkanes of at least 4 members (excludes halogenated alkanes) is 12. The molecule has 0 spiro atoms. The molecule has 2 N–H and O–H groups in total. The van der Waals surface area contributed by atoms with Crippen LogP contribution in [-0.4, -0.2) is 29.4 Å². The lowest BCUT2D eigenvalue weighted by Gasteiger charge is -2.16. The van der Waals surface area contributed by atoms with Gasteiger partial charge in [-0.3, -0.25) is 4.55 Å². The van der Waals surface area contributed by atoms with Gasteiger partial charge in [-0.1, -0.05) is 104 Å². The van der Waals surface area contributed by atoms with Crippen LogP contribution < -0.4 is 0 Å². The molecular formula is C22H46O4S. The van der Waals surface area contributed by atoms with E-state index in [1.165, 1.54) is 57.8 Å². The first-order chi connectivity index (χ1) is 12.9. The summed E-state index contributed by atoms with van der Waals surface area (Å²) >= 11 is 0. The number of rotatable bonds is 20. The van der Waals surface area contributed by atoms with Gasteiger partial charge in [0.2, 0.25) is 0 Å². The van der Waals surface area contributed by atoms with Crippen molar-refractivity contribution in [1.29, 1.82) is 0 Å². The average Bonchev–Trinajstić information content (AvgIpc) is 2.61. The molecule has 2 atom stereocenters. The Kier molecular flexibility index (Phi) is 17.8. The van der Waals surface area contributed by atoms with E-state index in [1.54, 1.807) is 0 Å². The van der Waals surface area contributed by atoms with Gasteiger partial charge in [-0.05, 0) is 25.7 Å². The minimum Gasteiger partial charge on any atom is -0.393 e. The fourth-order valence-corrected chi connectivity index (χ4v) is 4.53. The summed E-state index contributed by atoms with van der Waals surface area (Å²) in [7, 11) is -4.01. The van der Waals surface area contributed by atoms with E-state index < -0.39 is 21.5 Å². The average molecular weight is 407 g/mol. The first-order valence-corrected chi connectivity index (χ1v) is 13.1. The highest BCUT2D eigenvalue weighted by Gasteiger charge is 2.23. The van der Waals surface area contributed by atoms with Gasteiger partial charge in [0.1, 0.15) is 0 Å². The van der Waals surface area contributed by atoms with E-state index in [1.807, 2.05) is 0 Å². The maximum atomic E-state index is 11.6. The molecule has 0 aliphatic rings. The molecule has 0 aromatic carbocycles. The van der Waals surface area contributed by atoms with E-state index in [4.69, 9.17) is 0 Å². The molecule has 27 heavy (non-hydrogen) atoms. The van der Waals surface area contributed by atoms with E-state index in [-0.39, 0.29) is 0 Å². The summed E-state index contributed by atoms with van der Waals surface area (Å²) in [5, 5.41) is 9.32. The van der Waals surface area contributed by atoms with Gasteiger partial charge in [-0.15, -0.1) is 0 Å². The van der Waals surface area contributed by atoms with Gasteiger partial charge in [-0.25, -0.2) is 0 Å². The Morgan fingerprint density at radius 2 is 1.00 bits per heavy atom. The quantitative estimate of drug-likeness (QED) is 0.175. The highest BCUT2D eigenvalue weighted by molar-refractivity contribution is 7.86. The van der Waals surface area contributed by atoms with E-state index >= 15 is 0 Å². The van der Waals surface area contributed by atoms with Crippen molar-refractivity contribution in [2.75, 3.05) is 0 Å². The Morgan fingerprint density at radius 3 is 1.48 bits per heavy atom. The van der Waals surface area contributed by atoms with Crippen LogP contribution in [0, 0.1) is 0 Å². The second kappa shape index (κ2) is 17.9. The number of hydrogen-bond donors (Lipinski definition) is 2. The maximum absolute atomic E-state index is 11.6. The molecule has 0 aliphatic heterocycles. The van der Waals surface area contributed by atoms with Crippen LogP contribution in [-0.2, 0) is 10.1 Å². The maximum Gasteiger partial charge on any atom is 0.267 e. The summed E-state index contributed by atoms with van der Waals surface area (Å²) in [6, 6.07) is 0. The summed E-state index contributed by atoms with van der Waals surface area (Å²) in [5.74, 6) is 0. The molecule has 0 rings (SSSR count). The van der Waals surface area contributed by atoms with Gasteiger partial charge in [0.15, 0.2) is 0 Å². The Labute approximate surface area is 169 Å². The molecule has 0 bridgehead atoms. The largest absolute Gasteiger partial charge is 0.393 e. The third-order valence-corrected chi connectivity index (χ3v) is 6.83. The molecule has 0 saturated heterocycles. The molecule has 0 aromatic rings. The van der Waals surface area contributed by atoms with Crippen molar-refractivity contribution in [3.8, 4) is 0 Å². The second-order valence-electron chi connectivity index (χ2n) is 8.19. The van der Waals surface area contributed by atoms with Gasteiger partial charge in [0.05, 0.1) is 11.4 Å². The number of aliphatic hydroxyl groups is 1. The fourth-order valence-electron chi connectivity index (χ4n) is 3.63. The first kappa shape index (κ1) is 26.9. The highest BCUT2D eigenvalue weighted by Crippen LogP contribution is 2.20. The minimum absolute atomic E-state index is 0.366. The van der Waals surface area contributed by atoms with Crippen LogP contribution in [0.2, 0.25) is 0 Å². The Bertz CT molecular complexity index is 409. The smallest absolute Gasteiger partial charge is 0.267 e. The van der Waals surface area contributed by atoms with Crippen LogP contribution in [0.1, 0.15) is 129 Å². The van der Waals surface area contributed by atoms with Crippen molar-refractivity contribution in [3.05, 3.63) is 0 Å². The van der Waals surface area contributed by atoms with Crippen LogP contribution in [0.25, 0.3) is 0 Å².